The van der Waals surface area contributed by atoms with Gasteiger partial charge in [0.25, 0.3) is 5.91 Å². The van der Waals surface area contributed by atoms with E-state index in [-0.39, 0.29) is 11.3 Å². The maximum absolute atomic E-state index is 12.5. The van der Waals surface area contributed by atoms with E-state index in [1.807, 2.05) is 20.8 Å². The third kappa shape index (κ3) is 3.28. The molecule has 2 rings (SSSR count). The predicted molar refractivity (Wildman–Crippen MR) is 78.5 cm³/mol. The minimum Gasteiger partial charge on any atom is -0.391 e. The number of likely N-dealkylation sites (tertiary alicyclic amines) is 1. The fraction of sp³-hybridized carbons (Fsp3) is 0.600. The van der Waals surface area contributed by atoms with Crippen molar-refractivity contribution in [3.8, 4) is 0 Å². The summed E-state index contributed by atoms with van der Waals surface area (Å²) in [5.41, 5.74) is 7.02. The molecule has 1 amide bonds. The Morgan fingerprint density at radius 3 is 2.75 bits per heavy atom. The molecule has 0 aliphatic carbocycles. The summed E-state index contributed by atoms with van der Waals surface area (Å²) < 4.78 is 0. The van der Waals surface area contributed by atoms with E-state index < -0.39 is 6.10 Å². The van der Waals surface area contributed by atoms with Gasteiger partial charge < -0.3 is 15.7 Å². The molecule has 2 heterocycles. The number of aromatic nitrogens is 1. The van der Waals surface area contributed by atoms with Crippen LogP contribution in [0, 0.1) is 0 Å². The molecule has 0 aromatic carbocycles. The topological polar surface area (TPSA) is 79.5 Å². The first-order valence-electron chi connectivity index (χ1n) is 7.03. The molecule has 0 radical (unpaired) electrons. The van der Waals surface area contributed by atoms with Crippen molar-refractivity contribution in [1.29, 1.82) is 0 Å². The molecule has 1 fully saturated rings. The van der Waals surface area contributed by atoms with E-state index in [4.69, 9.17) is 5.73 Å². The van der Waals surface area contributed by atoms with Crippen LogP contribution in [0.15, 0.2) is 12.1 Å². The molecular weight excluding hydrogens is 254 g/mol. The van der Waals surface area contributed by atoms with E-state index in [0.29, 0.717) is 24.5 Å². The maximum Gasteiger partial charge on any atom is 0.254 e. The number of hydrogen-bond donors (Lipinski definition) is 2. The lowest BCUT2D eigenvalue weighted by atomic mass is 9.90. The Morgan fingerprint density at radius 1 is 1.45 bits per heavy atom. The van der Waals surface area contributed by atoms with Gasteiger partial charge in [0.05, 0.1) is 6.10 Å². The first kappa shape index (κ1) is 14.8. The molecule has 1 atom stereocenters. The first-order valence-corrected chi connectivity index (χ1v) is 7.03. The highest BCUT2D eigenvalue weighted by Gasteiger charge is 2.25. The zero-order valence-corrected chi connectivity index (χ0v) is 12.4. The zero-order valence-electron chi connectivity index (χ0n) is 12.4. The molecule has 1 saturated heterocycles. The monoisotopic (exact) mass is 277 g/mol. The Labute approximate surface area is 119 Å². The SMILES string of the molecule is CC(C)(C)c1cc(C(=O)N2CCCC(O)C2)cc(N)n1. The summed E-state index contributed by atoms with van der Waals surface area (Å²) in [5.74, 6) is 0.279. The van der Waals surface area contributed by atoms with Gasteiger partial charge in [-0.2, -0.15) is 0 Å². The third-order valence-corrected chi connectivity index (χ3v) is 3.54. The van der Waals surface area contributed by atoms with Crippen molar-refractivity contribution in [2.75, 3.05) is 18.8 Å². The number of β-amino-alcohol motifs (C(OH)–C–C–N with tert-alkyl or cyclic N) is 1. The molecule has 1 aliphatic rings. The molecule has 1 aromatic rings. The van der Waals surface area contributed by atoms with Gasteiger partial charge in [-0.05, 0) is 25.0 Å². The van der Waals surface area contributed by atoms with Crippen molar-refractivity contribution < 1.29 is 9.90 Å². The van der Waals surface area contributed by atoms with Crippen LogP contribution in [0.25, 0.3) is 0 Å². The number of piperidine rings is 1. The minimum atomic E-state index is -0.422. The van der Waals surface area contributed by atoms with Gasteiger partial charge in [0, 0.05) is 29.8 Å². The smallest absolute Gasteiger partial charge is 0.254 e. The maximum atomic E-state index is 12.5. The number of anilines is 1. The Kier molecular flexibility index (Phi) is 3.99. The molecule has 110 valence electrons. The number of hydrogen-bond acceptors (Lipinski definition) is 4. The molecule has 1 unspecified atom stereocenters. The number of aliphatic hydroxyl groups is 1. The average molecular weight is 277 g/mol. The van der Waals surface area contributed by atoms with Crippen LogP contribution in [-0.2, 0) is 5.41 Å². The van der Waals surface area contributed by atoms with E-state index in [9.17, 15) is 9.90 Å². The number of amides is 1. The molecule has 0 saturated carbocycles. The van der Waals surface area contributed by atoms with Gasteiger partial charge in [0.15, 0.2) is 0 Å². The van der Waals surface area contributed by atoms with E-state index in [0.717, 1.165) is 18.5 Å². The largest absolute Gasteiger partial charge is 0.391 e. The van der Waals surface area contributed by atoms with Crippen molar-refractivity contribution in [2.45, 2.75) is 45.1 Å². The van der Waals surface area contributed by atoms with Gasteiger partial charge in [-0.15, -0.1) is 0 Å². The Balaban J connectivity index is 2.28. The molecule has 5 nitrogen and oxygen atoms in total. The van der Waals surface area contributed by atoms with Gasteiger partial charge in [-0.25, -0.2) is 4.98 Å². The average Bonchev–Trinajstić information content (AvgIpc) is 2.36. The number of nitrogens with zero attached hydrogens (tertiary/aromatic N) is 2. The van der Waals surface area contributed by atoms with Crippen molar-refractivity contribution in [3.05, 3.63) is 23.4 Å². The number of pyridine rings is 1. The second kappa shape index (κ2) is 5.40. The molecular formula is C15H23N3O2. The van der Waals surface area contributed by atoms with E-state index in [1.165, 1.54) is 0 Å². The number of carbonyl (C=O) groups is 1. The highest BCUT2D eigenvalue weighted by molar-refractivity contribution is 5.95. The van der Waals surface area contributed by atoms with Crippen molar-refractivity contribution in [2.24, 2.45) is 0 Å². The van der Waals surface area contributed by atoms with E-state index >= 15 is 0 Å². The predicted octanol–water partition coefficient (Wildman–Crippen LogP) is 1.56. The van der Waals surface area contributed by atoms with Gasteiger partial charge in [0.1, 0.15) is 5.82 Å². The van der Waals surface area contributed by atoms with Crippen molar-refractivity contribution in [3.63, 3.8) is 0 Å². The standard InChI is InChI=1S/C15H23N3O2/c1-15(2,3)12-7-10(8-13(16)17-12)14(20)18-6-4-5-11(19)9-18/h7-8,11,19H,4-6,9H2,1-3H3,(H2,16,17). The summed E-state index contributed by atoms with van der Waals surface area (Å²) in [6.07, 6.45) is 1.17. The van der Waals surface area contributed by atoms with Crippen LogP contribution in [0.3, 0.4) is 0 Å². The highest BCUT2D eigenvalue weighted by Crippen LogP contribution is 2.23. The lowest BCUT2D eigenvalue weighted by Crippen LogP contribution is -2.42. The van der Waals surface area contributed by atoms with Gasteiger partial charge >= 0.3 is 0 Å². The number of aliphatic hydroxyl groups excluding tert-OH is 1. The second-order valence-corrected chi connectivity index (χ2v) is 6.46. The Morgan fingerprint density at radius 2 is 2.15 bits per heavy atom. The summed E-state index contributed by atoms with van der Waals surface area (Å²) in [4.78, 5) is 18.5. The van der Waals surface area contributed by atoms with Crippen LogP contribution in [0.2, 0.25) is 0 Å². The normalized spacial score (nSPS) is 20.0. The molecule has 3 N–H and O–H groups in total. The molecule has 0 bridgehead atoms. The summed E-state index contributed by atoms with van der Waals surface area (Å²) in [5, 5.41) is 9.68. The number of nitrogens with two attached hydrogens (primary N) is 1. The fourth-order valence-electron chi connectivity index (χ4n) is 2.38. The summed E-state index contributed by atoms with van der Waals surface area (Å²) in [6.45, 7) is 7.18. The number of rotatable bonds is 1. The second-order valence-electron chi connectivity index (χ2n) is 6.46. The van der Waals surface area contributed by atoms with Crippen LogP contribution in [0.5, 0.6) is 0 Å². The van der Waals surface area contributed by atoms with Crippen LogP contribution in [0.1, 0.15) is 49.7 Å². The number of carbonyl (C=O) groups excluding carboxylic acids is 1. The molecule has 5 heteroatoms. The molecule has 20 heavy (non-hydrogen) atoms. The Bertz CT molecular complexity index is 508. The van der Waals surface area contributed by atoms with E-state index in [1.54, 1.807) is 17.0 Å². The van der Waals surface area contributed by atoms with Gasteiger partial charge in [-0.3, -0.25) is 4.79 Å². The lowest BCUT2D eigenvalue weighted by molar-refractivity contribution is 0.0473. The molecule has 1 aliphatic heterocycles. The van der Waals surface area contributed by atoms with Crippen LogP contribution in [0.4, 0.5) is 5.82 Å². The number of nitrogen functional groups attached to an aromatic ring is 1. The lowest BCUT2D eigenvalue weighted by Gasteiger charge is -2.30. The first-order chi connectivity index (χ1) is 9.27. The van der Waals surface area contributed by atoms with E-state index in [2.05, 4.69) is 4.98 Å². The minimum absolute atomic E-state index is 0.0802. The highest BCUT2D eigenvalue weighted by atomic mass is 16.3. The third-order valence-electron chi connectivity index (χ3n) is 3.54. The van der Waals surface area contributed by atoms with Crippen LogP contribution >= 0.6 is 0 Å². The van der Waals surface area contributed by atoms with Crippen LogP contribution < -0.4 is 5.73 Å². The summed E-state index contributed by atoms with van der Waals surface area (Å²) in [7, 11) is 0. The fourth-order valence-corrected chi connectivity index (χ4v) is 2.38. The zero-order chi connectivity index (χ0) is 14.9. The van der Waals surface area contributed by atoms with Gasteiger partial charge in [-0.1, -0.05) is 20.8 Å². The van der Waals surface area contributed by atoms with Crippen molar-refractivity contribution in [1.82, 2.24) is 9.88 Å². The molecule has 1 aromatic heterocycles. The van der Waals surface area contributed by atoms with Crippen molar-refractivity contribution >= 4 is 11.7 Å². The summed E-state index contributed by atoms with van der Waals surface area (Å²) in [6, 6.07) is 3.41. The Hall–Kier alpha value is -1.62. The van der Waals surface area contributed by atoms with Gasteiger partial charge in [0.2, 0.25) is 0 Å². The molecule has 0 spiro atoms. The summed E-state index contributed by atoms with van der Waals surface area (Å²) >= 11 is 0. The van der Waals surface area contributed by atoms with Crippen LogP contribution in [-0.4, -0.2) is 40.1 Å². The quantitative estimate of drug-likeness (QED) is 0.816.